The van der Waals surface area contributed by atoms with Crippen molar-refractivity contribution in [2.75, 3.05) is 18.5 Å². The van der Waals surface area contributed by atoms with Crippen molar-refractivity contribution in [1.82, 2.24) is 4.98 Å². The van der Waals surface area contributed by atoms with Gasteiger partial charge in [0.25, 0.3) is 0 Å². The Labute approximate surface area is 71.8 Å². The van der Waals surface area contributed by atoms with Gasteiger partial charge in [0.05, 0.1) is 12.8 Å². The highest BCUT2D eigenvalue weighted by Gasteiger charge is 2.11. The lowest BCUT2D eigenvalue weighted by Gasteiger charge is -2.03. The fourth-order valence-electron chi connectivity index (χ4n) is 1.40. The molecule has 1 aliphatic heterocycles. The van der Waals surface area contributed by atoms with Crippen LogP contribution in [0, 0.1) is 0 Å². The van der Waals surface area contributed by atoms with Crippen molar-refractivity contribution in [2.45, 2.75) is 13.3 Å². The third kappa shape index (κ3) is 1.22. The molecule has 0 saturated heterocycles. The van der Waals surface area contributed by atoms with Gasteiger partial charge in [-0.3, -0.25) is 0 Å². The van der Waals surface area contributed by atoms with Gasteiger partial charge in [-0.05, 0) is 25.0 Å². The molecule has 1 aromatic heterocycles. The zero-order valence-corrected chi connectivity index (χ0v) is 7.13. The van der Waals surface area contributed by atoms with E-state index in [1.807, 2.05) is 6.92 Å². The van der Waals surface area contributed by atoms with E-state index in [9.17, 15) is 0 Å². The highest BCUT2D eigenvalue weighted by atomic mass is 16.5. The smallest absolute Gasteiger partial charge is 0.138 e. The van der Waals surface area contributed by atoms with Crippen LogP contribution in [0.5, 0.6) is 5.75 Å². The van der Waals surface area contributed by atoms with E-state index in [4.69, 9.17) is 4.74 Å². The standard InChI is InChI=1S/C9H12N2O/c1-2-12-8-5-7-3-4-10-9(7)11-6-8/h5-6H,2-4H2,1H3,(H,10,11). The van der Waals surface area contributed by atoms with Gasteiger partial charge in [0, 0.05) is 6.54 Å². The average molecular weight is 164 g/mol. The Morgan fingerprint density at radius 3 is 3.42 bits per heavy atom. The van der Waals surface area contributed by atoms with Crippen molar-refractivity contribution in [2.24, 2.45) is 0 Å². The fourth-order valence-corrected chi connectivity index (χ4v) is 1.40. The maximum atomic E-state index is 5.34. The second-order valence-electron chi connectivity index (χ2n) is 2.79. The quantitative estimate of drug-likeness (QED) is 0.718. The molecular weight excluding hydrogens is 152 g/mol. The molecule has 3 heteroatoms. The van der Waals surface area contributed by atoms with Crippen LogP contribution in [0.25, 0.3) is 0 Å². The molecule has 1 aromatic rings. The van der Waals surface area contributed by atoms with Crippen molar-refractivity contribution in [3.8, 4) is 5.75 Å². The van der Waals surface area contributed by atoms with Crippen molar-refractivity contribution >= 4 is 5.82 Å². The number of nitrogens with zero attached hydrogens (tertiary/aromatic N) is 1. The molecule has 0 saturated carbocycles. The molecule has 0 aromatic carbocycles. The van der Waals surface area contributed by atoms with E-state index in [2.05, 4.69) is 16.4 Å². The first-order chi connectivity index (χ1) is 5.90. The number of ether oxygens (including phenoxy) is 1. The molecule has 0 spiro atoms. The minimum Gasteiger partial charge on any atom is -0.492 e. The summed E-state index contributed by atoms with van der Waals surface area (Å²) in [7, 11) is 0. The Kier molecular flexibility index (Phi) is 1.86. The molecule has 0 radical (unpaired) electrons. The van der Waals surface area contributed by atoms with Crippen molar-refractivity contribution in [3.63, 3.8) is 0 Å². The molecule has 64 valence electrons. The van der Waals surface area contributed by atoms with E-state index in [0.717, 1.165) is 24.5 Å². The van der Waals surface area contributed by atoms with Gasteiger partial charge in [0.15, 0.2) is 0 Å². The monoisotopic (exact) mass is 164 g/mol. The van der Waals surface area contributed by atoms with Crippen LogP contribution in [0.3, 0.4) is 0 Å². The number of aromatic nitrogens is 1. The first-order valence-corrected chi connectivity index (χ1v) is 4.25. The van der Waals surface area contributed by atoms with Gasteiger partial charge < -0.3 is 10.1 Å². The predicted molar refractivity (Wildman–Crippen MR) is 47.6 cm³/mol. The number of fused-ring (bicyclic) bond motifs is 1. The van der Waals surface area contributed by atoms with Gasteiger partial charge in [-0.2, -0.15) is 0 Å². The average Bonchev–Trinajstić information content (AvgIpc) is 2.51. The lowest BCUT2D eigenvalue weighted by atomic mass is 10.2. The largest absolute Gasteiger partial charge is 0.492 e. The highest BCUT2D eigenvalue weighted by Crippen LogP contribution is 2.23. The molecule has 0 fully saturated rings. The highest BCUT2D eigenvalue weighted by molar-refractivity contribution is 5.51. The molecule has 3 nitrogen and oxygen atoms in total. The van der Waals surface area contributed by atoms with E-state index in [1.165, 1.54) is 5.56 Å². The van der Waals surface area contributed by atoms with E-state index < -0.39 is 0 Å². The normalized spacial score (nSPS) is 13.8. The van der Waals surface area contributed by atoms with Crippen LogP contribution in [0.4, 0.5) is 5.82 Å². The first kappa shape index (κ1) is 7.40. The van der Waals surface area contributed by atoms with Gasteiger partial charge in [-0.1, -0.05) is 0 Å². The summed E-state index contributed by atoms with van der Waals surface area (Å²) in [6.07, 6.45) is 2.82. The Balaban J connectivity index is 2.26. The molecular formula is C9H12N2O. The maximum absolute atomic E-state index is 5.34. The van der Waals surface area contributed by atoms with Crippen molar-refractivity contribution in [1.29, 1.82) is 0 Å². The number of pyridine rings is 1. The molecule has 1 aliphatic rings. The molecule has 12 heavy (non-hydrogen) atoms. The summed E-state index contributed by atoms with van der Waals surface area (Å²) in [5, 5.41) is 3.20. The van der Waals surface area contributed by atoms with Gasteiger partial charge in [0.1, 0.15) is 11.6 Å². The first-order valence-electron chi connectivity index (χ1n) is 4.25. The van der Waals surface area contributed by atoms with Crippen LogP contribution in [-0.2, 0) is 6.42 Å². The number of anilines is 1. The number of nitrogens with one attached hydrogen (secondary N) is 1. The molecule has 0 aliphatic carbocycles. The third-order valence-electron chi connectivity index (χ3n) is 1.94. The Hall–Kier alpha value is -1.25. The van der Waals surface area contributed by atoms with Crippen LogP contribution >= 0.6 is 0 Å². The van der Waals surface area contributed by atoms with Crippen LogP contribution < -0.4 is 10.1 Å². The van der Waals surface area contributed by atoms with Gasteiger partial charge in [-0.15, -0.1) is 0 Å². The van der Waals surface area contributed by atoms with E-state index in [-0.39, 0.29) is 0 Å². The summed E-state index contributed by atoms with van der Waals surface area (Å²) in [6.45, 7) is 3.68. The van der Waals surface area contributed by atoms with E-state index in [1.54, 1.807) is 6.20 Å². The SMILES string of the molecule is CCOc1cnc2c(c1)CCN2. The molecule has 0 atom stereocenters. The predicted octanol–water partition coefficient (Wildman–Crippen LogP) is 1.45. The zero-order chi connectivity index (χ0) is 8.39. The molecule has 2 heterocycles. The summed E-state index contributed by atoms with van der Waals surface area (Å²) in [5.41, 5.74) is 1.26. The summed E-state index contributed by atoms with van der Waals surface area (Å²) in [4.78, 5) is 4.24. The van der Waals surface area contributed by atoms with Crippen molar-refractivity contribution < 1.29 is 4.74 Å². The summed E-state index contributed by atoms with van der Waals surface area (Å²) >= 11 is 0. The third-order valence-corrected chi connectivity index (χ3v) is 1.94. The summed E-state index contributed by atoms with van der Waals surface area (Å²) in [5.74, 6) is 1.89. The topological polar surface area (TPSA) is 34.1 Å². The fraction of sp³-hybridized carbons (Fsp3) is 0.444. The van der Waals surface area contributed by atoms with E-state index >= 15 is 0 Å². The summed E-state index contributed by atoms with van der Waals surface area (Å²) < 4.78 is 5.34. The van der Waals surface area contributed by atoms with E-state index in [0.29, 0.717) is 6.61 Å². The summed E-state index contributed by atoms with van der Waals surface area (Å²) in [6, 6.07) is 2.06. The Bertz CT molecular complexity index is 286. The maximum Gasteiger partial charge on any atom is 0.138 e. The second-order valence-corrected chi connectivity index (χ2v) is 2.79. The Morgan fingerprint density at radius 2 is 2.58 bits per heavy atom. The van der Waals surface area contributed by atoms with Crippen LogP contribution in [0.15, 0.2) is 12.3 Å². The molecule has 0 amide bonds. The molecule has 1 N–H and O–H groups in total. The van der Waals surface area contributed by atoms with Gasteiger partial charge >= 0.3 is 0 Å². The number of rotatable bonds is 2. The van der Waals surface area contributed by atoms with Crippen molar-refractivity contribution in [3.05, 3.63) is 17.8 Å². The van der Waals surface area contributed by atoms with Gasteiger partial charge in [0.2, 0.25) is 0 Å². The zero-order valence-electron chi connectivity index (χ0n) is 7.13. The minimum absolute atomic E-state index is 0.702. The van der Waals surface area contributed by atoms with Crippen LogP contribution in [0.2, 0.25) is 0 Å². The molecule has 2 rings (SSSR count). The molecule has 0 unspecified atom stereocenters. The Morgan fingerprint density at radius 1 is 1.67 bits per heavy atom. The number of hydrogen-bond acceptors (Lipinski definition) is 3. The van der Waals surface area contributed by atoms with Gasteiger partial charge in [-0.25, -0.2) is 4.98 Å². The van der Waals surface area contributed by atoms with Crippen LogP contribution in [0.1, 0.15) is 12.5 Å². The minimum atomic E-state index is 0.702. The molecule has 0 bridgehead atoms. The lowest BCUT2D eigenvalue weighted by Crippen LogP contribution is -1.94. The number of hydrogen-bond donors (Lipinski definition) is 1. The second kappa shape index (κ2) is 3.01. The lowest BCUT2D eigenvalue weighted by molar-refractivity contribution is 0.338. The van der Waals surface area contributed by atoms with Crippen LogP contribution in [-0.4, -0.2) is 18.1 Å².